The van der Waals surface area contributed by atoms with Gasteiger partial charge in [0.25, 0.3) is 0 Å². The van der Waals surface area contributed by atoms with Gasteiger partial charge in [0.2, 0.25) is 0 Å². The molecule has 0 aliphatic heterocycles. The molecule has 0 bridgehead atoms. The molecule has 3 aliphatic carbocycles. The van der Waals surface area contributed by atoms with Crippen LogP contribution in [0.25, 0.3) is 16.7 Å². The number of allylic oxidation sites excluding steroid dienone is 4. The zero-order valence-electron chi connectivity index (χ0n) is 24.9. The van der Waals surface area contributed by atoms with E-state index in [0.29, 0.717) is 0 Å². The summed E-state index contributed by atoms with van der Waals surface area (Å²) in [7, 11) is 0. The average molecular weight is 655 g/mol. The quantitative estimate of drug-likeness (QED) is 0.186. The molecule has 4 heteroatoms. The van der Waals surface area contributed by atoms with Gasteiger partial charge in [0.05, 0.1) is 6.26 Å². The summed E-state index contributed by atoms with van der Waals surface area (Å²) >= 11 is 1.69. The minimum absolute atomic E-state index is 0. The van der Waals surface area contributed by atoms with E-state index in [9.17, 15) is 0 Å². The van der Waals surface area contributed by atoms with Gasteiger partial charge < -0.3 is 4.42 Å². The van der Waals surface area contributed by atoms with Gasteiger partial charge in [-0.15, -0.1) is 36.5 Å². The summed E-state index contributed by atoms with van der Waals surface area (Å²) in [6.45, 7) is 13.6. The average Bonchev–Trinajstić information content (AvgIpc) is 3.64. The number of halogens is 2. The van der Waals surface area contributed by atoms with E-state index in [0.717, 1.165) is 24.0 Å². The minimum atomic E-state index is 0. The molecule has 0 radical (unpaired) electrons. The molecule has 0 N–H and O–H groups in total. The number of fused-ring (bicyclic) bond motifs is 3. The summed E-state index contributed by atoms with van der Waals surface area (Å²) in [6.07, 6.45) is 20.0. The molecule has 1 fully saturated rings. The number of rotatable bonds is 1. The first kappa shape index (κ1) is 34.7. The molecule has 212 valence electrons. The first-order valence-electron chi connectivity index (χ1n) is 14.1. The van der Waals surface area contributed by atoms with Gasteiger partial charge in [0.1, 0.15) is 0 Å². The fraction of sp³-hybridized carbons (Fsp3) is 0.417. The first-order chi connectivity index (χ1) is 18.0. The second-order valence-corrected chi connectivity index (χ2v) is 14.4. The molecular formula is C36H44Cl2OZr. The third-order valence-corrected chi connectivity index (χ3v) is 8.74. The summed E-state index contributed by atoms with van der Waals surface area (Å²) in [5, 5.41) is 0. The fourth-order valence-corrected chi connectivity index (χ4v) is 5.85. The predicted octanol–water partition coefficient (Wildman–Crippen LogP) is 10.6. The Bertz CT molecular complexity index is 1250. The van der Waals surface area contributed by atoms with E-state index in [1.165, 1.54) is 65.5 Å². The van der Waals surface area contributed by atoms with Gasteiger partial charge in [-0.1, -0.05) is 94.3 Å². The Morgan fingerprint density at radius 2 is 1.50 bits per heavy atom. The van der Waals surface area contributed by atoms with Crippen molar-refractivity contribution >= 4 is 33.6 Å². The number of hydrogen-bond acceptors (Lipinski definition) is 1. The topological polar surface area (TPSA) is 13.1 Å². The Morgan fingerprint density at radius 3 is 2.02 bits per heavy atom. The Labute approximate surface area is 270 Å². The van der Waals surface area contributed by atoms with Gasteiger partial charge in [-0.05, 0) is 17.4 Å². The number of benzene rings is 2. The maximum atomic E-state index is 4.93. The van der Waals surface area contributed by atoms with Crippen LogP contribution in [0.5, 0.6) is 0 Å². The van der Waals surface area contributed by atoms with Crippen LogP contribution in [0.1, 0.15) is 108 Å². The standard InChI is InChI=1S/C21H25.C9H7O.C6H10.2ClH.Zr/c1-20(2,3)16-9-7-14-11-15-8-10-17(21(4,5)6)13-19(15)18(14)12-16;1-2-4-8(3-1)9-5-6-10-7-9;1-2-4-6-5-3-1;;;/h7,9-10,12-13H,11H2,1-6H3;1,3,5-7H,2H2;1-5H2;2*1H;/q2*-1;;;;+2. The van der Waals surface area contributed by atoms with Gasteiger partial charge in [0.15, 0.2) is 0 Å². The normalized spacial score (nSPS) is 15.3. The van der Waals surface area contributed by atoms with Crippen molar-refractivity contribution < 1.29 is 28.7 Å². The predicted molar refractivity (Wildman–Crippen MR) is 173 cm³/mol. The van der Waals surface area contributed by atoms with Crippen LogP contribution in [0.4, 0.5) is 0 Å². The van der Waals surface area contributed by atoms with Crippen LogP contribution < -0.4 is 0 Å². The molecular weight excluding hydrogens is 611 g/mol. The molecule has 3 aromatic rings. The second-order valence-electron chi connectivity index (χ2n) is 12.7. The van der Waals surface area contributed by atoms with Crippen molar-refractivity contribution in [3.63, 3.8) is 0 Å². The van der Waals surface area contributed by atoms with Gasteiger partial charge in [-0.2, -0.15) is 47.1 Å². The molecule has 1 saturated carbocycles. The van der Waals surface area contributed by atoms with Crippen molar-refractivity contribution in [1.82, 2.24) is 0 Å². The van der Waals surface area contributed by atoms with Crippen molar-refractivity contribution in [2.75, 3.05) is 0 Å². The van der Waals surface area contributed by atoms with Gasteiger partial charge >= 0.3 is 59.5 Å². The molecule has 0 spiro atoms. The molecule has 6 rings (SSSR count). The summed E-state index contributed by atoms with van der Waals surface area (Å²) < 4.78 is 6.74. The molecule has 1 aromatic heterocycles. The Balaban J connectivity index is 0.000000245. The van der Waals surface area contributed by atoms with Gasteiger partial charge in [0, 0.05) is 6.26 Å². The van der Waals surface area contributed by atoms with Crippen LogP contribution in [0, 0.1) is 12.1 Å². The van der Waals surface area contributed by atoms with Crippen LogP contribution in [-0.4, -0.2) is 3.21 Å². The van der Waals surface area contributed by atoms with E-state index in [4.69, 9.17) is 4.42 Å². The molecule has 0 amide bonds. The fourth-order valence-electron chi connectivity index (χ4n) is 4.98. The van der Waals surface area contributed by atoms with Crippen molar-refractivity contribution in [3.8, 4) is 11.1 Å². The zero-order valence-corrected chi connectivity index (χ0v) is 29.0. The first-order valence-corrected chi connectivity index (χ1v) is 15.3. The third-order valence-electron chi connectivity index (χ3n) is 7.51. The second kappa shape index (κ2) is 15.1. The molecule has 0 atom stereocenters. The molecule has 0 saturated heterocycles. The zero-order chi connectivity index (χ0) is 27.3. The van der Waals surface area contributed by atoms with Gasteiger partial charge in [-0.3, -0.25) is 0 Å². The number of hydrogen-bond donors (Lipinski definition) is 0. The van der Waals surface area contributed by atoms with E-state index in [1.807, 2.05) is 6.07 Å². The summed E-state index contributed by atoms with van der Waals surface area (Å²) in [5.74, 6) is 0. The Hall–Kier alpha value is -1.47. The SMILES string of the molecule is CC(C)(C)c1c[c-]c2c(c1)-c1cc(C(C)(C)C)ccc1C2.Cl.Cl.[C-]1=C(c2ccoc2)C=CC1.[Zr+2]=[C]1CCCCC1. The van der Waals surface area contributed by atoms with Crippen molar-refractivity contribution in [1.29, 1.82) is 0 Å². The van der Waals surface area contributed by atoms with Crippen LogP contribution >= 0.6 is 24.8 Å². The van der Waals surface area contributed by atoms with Crippen LogP contribution in [0.3, 0.4) is 0 Å². The molecule has 1 heterocycles. The van der Waals surface area contributed by atoms with E-state index in [2.05, 4.69) is 96.2 Å². The maximum absolute atomic E-state index is 4.93. The number of furan rings is 1. The molecule has 1 nitrogen and oxygen atoms in total. The van der Waals surface area contributed by atoms with E-state index >= 15 is 0 Å². The van der Waals surface area contributed by atoms with Crippen molar-refractivity contribution in [2.45, 2.75) is 97.3 Å². The van der Waals surface area contributed by atoms with E-state index in [1.54, 1.807) is 40.0 Å². The van der Waals surface area contributed by atoms with Crippen LogP contribution in [0.15, 0.2) is 65.5 Å². The molecule has 2 aromatic carbocycles. The third kappa shape index (κ3) is 9.27. The van der Waals surface area contributed by atoms with Crippen molar-refractivity contribution in [3.05, 3.63) is 101 Å². The van der Waals surface area contributed by atoms with Gasteiger partial charge in [-0.25, -0.2) is 0 Å². The Kier molecular flexibility index (Phi) is 13.1. The summed E-state index contributed by atoms with van der Waals surface area (Å²) in [4.78, 5) is 0. The summed E-state index contributed by atoms with van der Waals surface area (Å²) in [5.41, 5.74) is 11.0. The Morgan fingerprint density at radius 1 is 0.825 bits per heavy atom. The van der Waals surface area contributed by atoms with E-state index < -0.39 is 0 Å². The molecule has 3 aliphatic rings. The van der Waals surface area contributed by atoms with Crippen LogP contribution in [0.2, 0.25) is 0 Å². The van der Waals surface area contributed by atoms with Crippen molar-refractivity contribution in [2.24, 2.45) is 0 Å². The van der Waals surface area contributed by atoms with Crippen LogP contribution in [-0.2, 0) is 41.5 Å². The van der Waals surface area contributed by atoms with E-state index in [-0.39, 0.29) is 35.6 Å². The summed E-state index contributed by atoms with van der Waals surface area (Å²) in [6, 6.07) is 17.0. The molecule has 40 heavy (non-hydrogen) atoms. The molecule has 0 unspecified atom stereocenters. The monoisotopic (exact) mass is 652 g/mol.